The molecule has 3 aromatic rings. The van der Waals surface area contributed by atoms with Crippen LogP contribution < -0.4 is 20.1 Å². The van der Waals surface area contributed by atoms with Crippen molar-refractivity contribution in [3.63, 3.8) is 0 Å². The molecule has 3 N–H and O–H groups in total. The summed E-state index contributed by atoms with van der Waals surface area (Å²) in [5.41, 5.74) is 7.49. The van der Waals surface area contributed by atoms with E-state index in [-0.39, 0.29) is 10.9 Å². The van der Waals surface area contributed by atoms with E-state index < -0.39 is 10.0 Å². The number of hydrogen-bond donors (Lipinski definition) is 2. The van der Waals surface area contributed by atoms with E-state index in [1.807, 2.05) is 24.3 Å². The molecule has 3 aromatic carbocycles. The highest BCUT2D eigenvalue weighted by Gasteiger charge is 2.19. The maximum Gasteiger partial charge on any atom is 0.261 e. The Balaban J connectivity index is 1.44. The van der Waals surface area contributed by atoms with Crippen LogP contribution in [-0.4, -0.2) is 27.5 Å². The van der Waals surface area contributed by atoms with Crippen LogP contribution >= 0.6 is 11.6 Å². The van der Waals surface area contributed by atoms with E-state index in [2.05, 4.69) is 9.62 Å². The second-order valence-electron chi connectivity index (χ2n) is 7.15. The number of halogens is 1. The van der Waals surface area contributed by atoms with Crippen LogP contribution in [0.3, 0.4) is 0 Å². The van der Waals surface area contributed by atoms with Crippen molar-refractivity contribution < 1.29 is 13.2 Å². The zero-order valence-electron chi connectivity index (χ0n) is 16.2. The molecule has 0 saturated carbocycles. The van der Waals surface area contributed by atoms with Crippen molar-refractivity contribution in [1.82, 2.24) is 0 Å². The highest BCUT2D eigenvalue weighted by molar-refractivity contribution is 7.92. The van der Waals surface area contributed by atoms with E-state index in [9.17, 15) is 8.42 Å². The first kappa shape index (κ1) is 20.5. The predicted octanol–water partition coefficient (Wildman–Crippen LogP) is 4.47. The van der Waals surface area contributed by atoms with Crippen LogP contribution in [0.15, 0.2) is 77.7 Å². The SMILES string of the molecule is N[C@H]1CCN(c2ccc(NS(=O)(=O)c3ccc(Oc4ccccc4Cl)cc3)cc2)C1. The minimum absolute atomic E-state index is 0.142. The summed E-state index contributed by atoms with van der Waals surface area (Å²) in [5, 5.41) is 0.482. The number of nitrogens with one attached hydrogen (secondary N) is 1. The van der Waals surface area contributed by atoms with Crippen molar-refractivity contribution >= 4 is 33.0 Å². The van der Waals surface area contributed by atoms with Gasteiger partial charge in [-0.3, -0.25) is 4.72 Å². The number of rotatable bonds is 6. The molecule has 8 heteroatoms. The summed E-state index contributed by atoms with van der Waals surface area (Å²) in [7, 11) is -3.72. The van der Waals surface area contributed by atoms with Gasteiger partial charge < -0.3 is 15.4 Å². The standard InChI is InChI=1S/C22H22ClN3O3S/c23-21-3-1-2-4-22(21)29-19-9-11-20(12-10-19)30(27,28)25-17-5-7-18(8-6-17)26-14-13-16(24)15-26/h1-12,16,25H,13-15,24H2/t16-/m0/s1. The van der Waals surface area contributed by atoms with Crippen LogP contribution in [0.5, 0.6) is 11.5 Å². The largest absolute Gasteiger partial charge is 0.456 e. The van der Waals surface area contributed by atoms with Gasteiger partial charge in [0.15, 0.2) is 0 Å². The Morgan fingerprint density at radius 1 is 1.00 bits per heavy atom. The summed E-state index contributed by atoms with van der Waals surface area (Å²) in [6.45, 7) is 1.72. The maximum atomic E-state index is 12.7. The Labute approximate surface area is 181 Å². The Morgan fingerprint density at radius 3 is 2.33 bits per heavy atom. The number of hydrogen-bond acceptors (Lipinski definition) is 5. The summed E-state index contributed by atoms with van der Waals surface area (Å²) in [5.74, 6) is 1.00. The van der Waals surface area contributed by atoms with E-state index in [0.29, 0.717) is 22.2 Å². The molecule has 1 fully saturated rings. The molecule has 30 heavy (non-hydrogen) atoms. The number of ether oxygens (including phenoxy) is 1. The first-order valence-electron chi connectivity index (χ1n) is 9.56. The molecule has 1 saturated heterocycles. The molecule has 6 nitrogen and oxygen atoms in total. The normalized spacial score (nSPS) is 16.5. The Hall–Kier alpha value is -2.74. The Bertz CT molecular complexity index is 1120. The number of para-hydroxylation sites is 1. The number of nitrogens with zero attached hydrogens (tertiary/aromatic N) is 1. The third-order valence-corrected chi connectivity index (χ3v) is 6.62. The van der Waals surface area contributed by atoms with Crippen LogP contribution in [-0.2, 0) is 10.0 Å². The van der Waals surface area contributed by atoms with E-state index in [4.69, 9.17) is 22.1 Å². The second-order valence-corrected chi connectivity index (χ2v) is 9.24. The van der Waals surface area contributed by atoms with Crippen molar-refractivity contribution in [2.75, 3.05) is 22.7 Å². The fourth-order valence-corrected chi connectivity index (χ4v) is 4.55. The van der Waals surface area contributed by atoms with Crippen LogP contribution in [0.2, 0.25) is 5.02 Å². The van der Waals surface area contributed by atoms with Crippen molar-refractivity contribution in [2.24, 2.45) is 5.73 Å². The molecule has 0 aliphatic carbocycles. The lowest BCUT2D eigenvalue weighted by molar-refractivity contribution is 0.482. The molecule has 156 valence electrons. The van der Waals surface area contributed by atoms with Crippen molar-refractivity contribution in [3.05, 3.63) is 77.8 Å². The fraction of sp³-hybridized carbons (Fsp3) is 0.182. The van der Waals surface area contributed by atoms with Gasteiger partial charge in [-0.15, -0.1) is 0 Å². The first-order chi connectivity index (χ1) is 14.4. The van der Waals surface area contributed by atoms with E-state index in [1.54, 1.807) is 36.4 Å². The van der Waals surface area contributed by atoms with E-state index in [0.717, 1.165) is 25.2 Å². The Morgan fingerprint density at radius 2 is 1.70 bits per heavy atom. The summed E-state index contributed by atoms with van der Waals surface area (Å²) >= 11 is 6.09. The maximum absolute atomic E-state index is 12.7. The molecular weight excluding hydrogens is 422 g/mol. The van der Waals surface area contributed by atoms with Gasteiger partial charge >= 0.3 is 0 Å². The molecule has 0 aromatic heterocycles. The summed E-state index contributed by atoms with van der Waals surface area (Å²) in [4.78, 5) is 2.34. The van der Waals surface area contributed by atoms with Crippen molar-refractivity contribution in [1.29, 1.82) is 0 Å². The summed E-state index contributed by atoms with van der Waals surface area (Å²) in [6, 6.07) is 20.8. The van der Waals surface area contributed by atoms with Crippen molar-refractivity contribution in [3.8, 4) is 11.5 Å². The summed E-state index contributed by atoms with van der Waals surface area (Å²) < 4.78 is 33.7. The lowest BCUT2D eigenvalue weighted by Crippen LogP contribution is -2.26. The fourth-order valence-electron chi connectivity index (χ4n) is 3.32. The van der Waals surface area contributed by atoms with Gasteiger partial charge in [0.1, 0.15) is 11.5 Å². The van der Waals surface area contributed by atoms with Crippen molar-refractivity contribution in [2.45, 2.75) is 17.4 Å². The minimum atomic E-state index is -3.72. The molecule has 0 bridgehead atoms. The van der Waals surface area contributed by atoms with Crippen LogP contribution in [0.25, 0.3) is 0 Å². The molecule has 1 heterocycles. The molecular formula is C22H22ClN3O3S. The third kappa shape index (κ3) is 4.70. The smallest absolute Gasteiger partial charge is 0.261 e. The topological polar surface area (TPSA) is 84.7 Å². The molecule has 1 aliphatic heterocycles. The van der Waals surface area contributed by atoms with Crippen LogP contribution in [0, 0.1) is 0 Å². The summed E-state index contributed by atoms with van der Waals surface area (Å²) in [6.07, 6.45) is 0.963. The Kier molecular flexibility index (Phi) is 5.85. The number of nitrogens with two attached hydrogens (primary N) is 1. The third-order valence-electron chi connectivity index (χ3n) is 4.91. The van der Waals surface area contributed by atoms with Gasteiger partial charge in [-0.1, -0.05) is 23.7 Å². The number of sulfonamides is 1. The molecule has 1 atom stereocenters. The average molecular weight is 444 g/mol. The predicted molar refractivity (Wildman–Crippen MR) is 120 cm³/mol. The van der Waals surface area contributed by atoms with Crippen LogP contribution in [0.4, 0.5) is 11.4 Å². The number of benzene rings is 3. The zero-order chi connectivity index (χ0) is 21.1. The minimum Gasteiger partial charge on any atom is -0.456 e. The van der Waals surface area contributed by atoms with Gasteiger partial charge in [0.2, 0.25) is 0 Å². The van der Waals surface area contributed by atoms with E-state index >= 15 is 0 Å². The molecule has 0 unspecified atom stereocenters. The molecule has 1 aliphatic rings. The quantitative estimate of drug-likeness (QED) is 0.587. The van der Waals surface area contributed by atoms with Crippen LogP contribution in [0.1, 0.15) is 6.42 Å². The lowest BCUT2D eigenvalue weighted by Gasteiger charge is -2.18. The second kappa shape index (κ2) is 8.55. The molecule has 4 rings (SSSR count). The lowest BCUT2D eigenvalue weighted by atomic mass is 10.2. The monoisotopic (exact) mass is 443 g/mol. The van der Waals surface area contributed by atoms with Gasteiger partial charge in [-0.05, 0) is 67.1 Å². The molecule has 0 spiro atoms. The molecule has 0 amide bonds. The van der Waals surface area contributed by atoms with Gasteiger partial charge in [-0.2, -0.15) is 0 Å². The number of anilines is 2. The van der Waals surface area contributed by atoms with Gasteiger partial charge in [0.05, 0.1) is 9.92 Å². The first-order valence-corrected chi connectivity index (χ1v) is 11.4. The highest BCUT2D eigenvalue weighted by atomic mass is 35.5. The highest BCUT2D eigenvalue weighted by Crippen LogP contribution is 2.30. The molecule has 0 radical (unpaired) electrons. The van der Waals surface area contributed by atoms with Gasteiger partial charge in [-0.25, -0.2) is 8.42 Å². The average Bonchev–Trinajstić information content (AvgIpc) is 3.17. The zero-order valence-corrected chi connectivity index (χ0v) is 17.7. The van der Waals surface area contributed by atoms with E-state index in [1.165, 1.54) is 12.1 Å². The van der Waals surface area contributed by atoms with Gasteiger partial charge in [0, 0.05) is 30.5 Å². The van der Waals surface area contributed by atoms with Gasteiger partial charge in [0.25, 0.3) is 10.0 Å².